The van der Waals surface area contributed by atoms with Gasteiger partial charge in [0.1, 0.15) is 0 Å². The van der Waals surface area contributed by atoms with Crippen LogP contribution in [-0.4, -0.2) is 23.3 Å². The number of aromatic nitrogens is 1. The molecular formula is C18H28N2O. The number of benzene rings is 1. The van der Waals surface area contributed by atoms with E-state index in [1.807, 2.05) is 0 Å². The lowest BCUT2D eigenvalue weighted by molar-refractivity contribution is 0.127. The van der Waals surface area contributed by atoms with E-state index < -0.39 is 0 Å². The molecule has 0 saturated carbocycles. The highest BCUT2D eigenvalue weighted by Crippen LogP contribution is 2.21. The zero-order valence-corrected chi connectivity index (χ0v) is 13.8. The second-order valence-corrected chi connectivity index (χ2v) is 6.57. The summed E-state index contributed by atoms with van der Waals surface area (Å²) < 4.78 is 7.88. The number of hydrogen-bond donors (Lipinski definition) is 1. The van der Waals surface area contributed by atoms with Gasteiger partial charge in [-0.05, 0) is 44.9 Å². The van der Waals surface area contributed by atoms with Crippen LogP contribution in [0.2, 0.25) is 0 Å². The van der Waals surface area contributed by atoms with Crippen LogP contribution < -0.4 is 5.32 Å². The van der Waals surface area contributed by atoms with Crippen LogP contribution in [0.1, 0.15) is 39.7 Å². The Morgan fingerprint density at radius 3 is 2.67 bits per heavy atom. The quantitative estimate of drug-likeness (QED) is 0.781. The van der Waals surface area contributed by atoms with Gasteiger partial charge in [-0.15, -0.1) is 0 Å². The maximum absolute atomic E-state index is 5.59. The van der Waals surface area contributed by atoms with Gasteiger partial charge in [-0.3, -0.25) is 0 Å². The lowest BCUT2D eigenvalue weighted by Crippen LogP contribution is -2.35. The van der Waals surface area contributed by atoms with E-state index >= 15 is 0 Å². The zero-order chi connectivity index (χ0) is 15.3. The Bertz CT molecular complexity index is 566. The van der Waals surface area contributed by atoms with Crippen molar-refractivity contribution in [2.75, 3.05) is 13.2 Å². The molecule has 0 saturated heterocycles. The fourth-order valence-electron chi connectivity index (χ4n) is 2.41. The van der Waals surface area contributed by atoms with E-state index in [-0.39, 0.29) is 5.54 Å². The lowest BCUT2D eigenvalue weighted by atomic mass is 10.1. The summed E-state index contributed by atoms with van der Waals surface area (Å²) in [5.74, 6) is 0. The van der Waals surface area contributed by atoms with Gasteiger partial charge >= 0.3 is 0 Å². The minimum absolute atomic E-state index is 0.138. The van der Waals surface area contributed by atoms with E-state index in [0.717, 1.165) is 32.7 Å². The highest BCUT2D eigenvalue weighted by atomic mass is 16.5. The zero-order valence-electron chi connectivity index (χ0n) is 13.8. The Labute approximate surface area is 128 Å². The number of nitrogens with one attached hydrogen (secondary N) is 1. The third-order valence-corrected chi connectivity index (χ3v) is 3.54. The Kier molecular flexibility index (Phi) is 5.43. The lowest BCUT2D eigenvalue weighted by Gasteiger charge is -2.21. The van der Waals surface area contributed by atoms with Gasteiger partial charge in [0, 0.05) is 42.3 Å². The normalized spacial score (nSPS) is 12.2. The van der Waals surface area contributed by atoms with Gasteiger partial charge in [-0.25, -0.2) is 0 Å². The maximum Gasteiger partial charge on any atom is 0.0645 e. The summed E-state index contributed by atoms with van der Waals surface area (Å²) in [5, 5.41) is 4.90. The molecule has 0 unspecified atom stereocenters. The van der Waals surface area contributed by atoms with Crippen LogP contribution in [0.25, 0.3) is 10.9 Å². The first-order valence-electron chi connectivity index (χ1n) is 7.91. The fraction of sp³-hybridized carbons (Fsp3) is 0.556. The third-order valence-electron chi connectivity index (χ3n) is 3.54. The second kappa shape index (κ2) is 7.10. The first-order valence-corrected chi connectivity index (χ1v) is 7.91. The molecular weight excluding hydrogens is 260 g/mol. The van der Waals surface area contributed by atoms with Gasteiger partial charge < -0.3 is 14.6 Å². The number of hydrogen-bond acceptors (Lipinski definition) is 2. The molecule has 3 heteroatoms. The smallest absolute Gasteiger partial charge is 0.0645 e. The van der Waals surface area contributed by atoms with Crippen molar-refractivity contribution in [3.05, 3.63) is 36.0 Å². The minimum atomic E-state index is 0.138. The average molecular weight is 288 g/mol. The first-order chi connectivity index (χ1) is 10.0. The molecule has 21 heavy (non-hydrogen) atoms. The van der Waals surface area contributed by atoms with Crippen molar-refractivity contribution in [3.8, 4) is 0 Å². The van der Waals surface area contributed by atoms with Gasteiger partial charge in [-0.2, -0.15) is 0 Å². The Morgan fingerprint density at radius 2 is 1.95 bits per heavy atom. The summed E-state index contributed by atoms with van der Waals surface area (Å²) in [6.45, 7) is 12.2. The van der Waals surface area contributed by atoms with Gasteiger partial charge in [-0.1, -0.05) is 19.1 Å². The first kappa shape index (κ1) is 16.1. The van der Waals surface area contributed by atoms with Crippen LogP contribution in [0.4, 0.5) is 0 Å². The predicted octanol–water partition coefficient (Wildman–Crippen LogP) is 3.96. The maximum atomic E-state index is 5.59. The highest BCUT2D eigenvalue weighted by molar-refractivity contribution is 5.83. The van der Waals surface area contributed by atoms with Gasteiger partial charge in [0.2, 0.25) is 0 Å². The summed E-state index contributed by atoms with van der Waals surface area (Å²) in [6, 6.07) is 8.76. The Morgan fingerprint density at radius 1 is 1.14 bits per heavy atom. The number of ether oxygens (including phenoxy) is 1. The van der Waals surface area contributed by atoms with Crippen molar-refractivity contribution < 1.29 is 4.74 Å². The van der Waals surface area contributed by atoms with Crippen LogP contribution in [0.15, 0.2) is 30.5 Å². The summed E-state index contributed by atoms with van der Waals surface area (Å²) in [7, 11) is 0. The van der Waals surface area contributed by atoms with Crippen molar-refractivity contribution in [1.29, 1.82) is 0 Å². The van der Waals surface area contributed by atoms with Crippen LogP contribution >= 0.6 is 0 Å². The van der Waals surface area contributed by atoms with Gasteiger partial charge in [0.05, 0.1) is 6.61 Å². The van der Waals surface area contributed by atoms with Crippen LogP contribution in [0, 0.1) is 0 Å². The molecule has 1 aromatic heterocycles. The van der Waals surface area contributed by atoms with Crippen molar-refractivity contribution in [1.82, 2.24) is 9.88 Å². The molecule has 0 aliphatic carbocycles. The predicted molar refractivity (Wildman–Crippen MR) is 89.6 cm³/mol. The molecule has 1 N–H and O–H groups in total. The third kappa shape index (κ3) is 4.58. The van der Waals surface area contributed by atoms with Crippen molar-refractivity contribution in [3.63, 3.8) is 0 Å². The minimum Gasteiger partial charge on any atom is -0.380 e. The standard InChI is InChI=1S/C18H28N2O/c1-5-12-21-13-11-20-10-9-16-15(7-6-8-17(16)20)14-19-18(2,3)4/h6-10,19H,5,11-14H2,1-4H3. The van der Waals surface area contributed by atoms with Gasteiger partial charge in [0.25, 0.3) is 0 Å². The van der Waals surface area contributed by atoms with Crippen LogP contribution in [-0.2, 0) is 17.8 Å². The SMILES string of the molecule is CCCOCCn1ccc2c(CNC(C)(C)C)cccc21. The molecule has 0 fully saturated rings. The molecule has 0 amide bonds. The molecule has 0 spiro atoms. The molecule has 0 atom stereocenters. The summed E-state index contributed by atoms with van der Waals surface area (Å²) in [4.78, 5) is 0. The number of fused-ring (bicyclic) bond motifs is 1. The van der Waals surface area contributed by atoms with Crippen LogP contribution in [0.3, 0.4) is 0 Å². The molecule has 2 rings (SSSR count). The molecule has 0 aliphatic heterocycles. The highest BCUT2D eigenvalue weighted by Gasteiger charge is 2.11. The average Bonchev–Trinajstić information content (AvgIpc) is 2.84. The summed E-state index contributed by atoms with van der Waals surface area (Å²) in [6.07, 6.45) is 3.25. The molecule has 0 bridgehead atoms. The van der Waals surface area contributed by atoms with E-state index in [4.69, 9.17) is 4.74 Å². The summed E-state index contributed by atoms with van der Waals surface area (Å²) >= 11 is 0. The molecule has 0 radical (unpaired) electrons. The molecule has 2 aromatic rings. The topological polar surface area (TPSA) is 26.2 Å². The Hall–Kier alpha value is -1.32. The van der Waals surface area contributed by atoms with E-state index in [1.165, 1.54) is 16.5 Å². The summed E-state index contributed by atoms with van der Waals surface area (Å²) in [5.41, 5.74) is 2.79. The van der Waals surface area contributed by atoms with Crippen molar-refractivity contribution in [2.24, 2.45) is 0 Å². The fourth-order valence-corrected chi connectivity index (χ4v) is 2.41. The van der Waals surface area contributed by atoms with E-state index in [1.54, 1.807) is 0 Å². The van der Waals surface area contributed by atoms with E-state index in [0.29, 0.717) is 0 Å². The van der Waals surface area contributed by atoms with Crippen LogP contribution in [0.5, 0.6) is 0 Å². The van der Waals surface area contributed by atoms with Crippen molar-refractivity contribution >= 4 is 10.9 Å². The monoisotopic (exact) mass is 288 g/mol. The molecule has 0 aliphatic rings. The largest absolute Gasteiger partial charge is 0.380 e. The van der Waals surface area contributed by atoms with Crippen molar-refractivity contribution in [2.45, 2.75) is 52.7 Å². The molecule has 3 nitrogen and oxygen atoms in total. The molecule has 116 valence electrons. The molecule has 1 aromatic carbocycles. The van der Waals surface area contributed by atoms with E-state index in [2.05, 4.69) is 68.0 Å². The Balaban J connectivity index is 2.09. The second-order valence-electron chi connectivity index (χ2n) is 6.57. The van der Waals surface area contributed by atoms with Gasteiger partial charge in [0.15, 0.2) is 0 Å². The van der Waals surface area contributed by atoms with E-state index in [9.17, 15) is 0 Å². The molecule has 1 heterocycles. The number of rotatable bonds is 7. The number of nitrogens with zero attached hydrogens (tertiary/aromatic N) is 1.